The number of rotatable bonds is 5. The molecule has 0 bridgehead atoms. The Kier molecular flexibility index (Phi) is 5.48. The lowest BCUT2D eigenvalue weighted by molar-refractivity contribution is -0.137. The molecule has 1 aliphatic heterocycles. The highest BCUT2D eigenvalue weighted by Crippen LogP contribution is 2.35. The molecule has 0 aromatic heterocycles. The second kappa shape index (κ2) is 7.21. The standard InChI is InChI=1S/C16H19F3N2O3/c1-10(9-24-2)21-8-11(7-14(21)22)15(23)20-13-6-4-3-5-12(13)16(17,18)19/h3-6,10-11H,7-9H2,1-2H3,(H,20,23)/t10-,11-/m0/s1. The minimum atomic E-state index is -4.56. The zero-order valence-corrected chi connectivity index (χ0v) is 13.4. The molecule has 0 aliphatic carbocycles. The topological polar surface area (TPSA) is 58.6 Å². The average molecular weight is 344 g/mol. The first-order chi connectivity index (χ1) is 11.2. The zero-order valence-electron chi connectivity index (χ0n) is 13.4. The number of carbonyl (C=O) groups excluding carboxylic acids is 2. The van der Waals surface area contributed by atoms with Crippen LogP contribution in [0.25, 0.3) is 0 Å². The van der Waals surface area contributed by atoms with Crippen LogP contribution in [0.2, 0.25) is 0 Å². The third-order valence-corrected chi connectivity index (χ3v) is 3.96. The van der Waals surface area contributed by atoms with Crippen LogP contribution in [0.4, 0.5) is 18.9 Å². The van der Waals surface area contributed by atoms with Crippen molar-refractivity contribution in [1.82, 2.24) is 4.90 Å². The van der Waals surface area contributed by atoms with Crippen molar-refractivity contribution in [3.8, 4) is 0 Å². The van der Waals surface area contributed by atoms with Crippen LogP contribution in [-0.4, -0.2) is 43.0 Å². The van der Waals surface area contributed by atoms with Gasteiger partial charge in [0.05, 0.1) is 29.8 Å². The molecular weight excluding hydrogens is 325 g/mol. The fraction of sp³-hybridized carbons (Fsp3) is 0.500. The maximum atomic E-state index is 13.0. The molecule has 1 heterocycles. The van der Waals surface area contributed by atoms with E-state index in [1.54, 1.807) is 6.92 Å². The number of likely N-dealkylation sites (tertiary alicyclic amines) is 1. The zero-order chi connectivity index (χ0) is 17.9. The smallest absolute Gasteiger partial charge is 0.383 e. The van der Waals surface area contributed by atoms with Crippen LogP contribution in [0.15, 0.2) is 24.3 Å². The normalized spacial score (nSPS) is 19.5. The van der Waals surface area contributed by atoms with Gasteiger partial charge in [0.2, 0.25) is 11.8 Å². The highest BCUT2D eigenvalue weighted by atomic mass is 19.4. The van der Waals surface area contributed by atoms with Gasteiger partial charge in [0.15, 0.2) is 0 Å². The number of hydrogen-bond acceptors (Lipinski definition) is 3. The molecule has 0 spiro atoms. The Morgan fingerprint density at radius 1 is 1.42 bits per heavy atom. The van der Waals surface area contributed by atoms with Crippen molar-refractivity contribution in [2.75, 3.05) is 25.6 Å². The number of benzene rings is 1. The largest absolute Gasteiger partial charge is 0.418 e. The van der Waals surface area contributed by atoms with Crippen LogP contribution < -0.4 is 5.32 Å². The van der Waals surface area contributed by atoms with Crippen molar-refractivity contribution >= 4 is 17.5 Å². The summed E-state index contributed by atoms with van der Waals surface area (Å²) in [5.41, 5.74) is -1.21. The SMILES string of the molecule is COC[C@H](C)N1C[C@@H](C(=O)Nc2ccccc2C(F)(F)F)CC1=O. The third kappa shape index (κ3) is 4.05. The van der Waals surface area contributed by atoms with E-state index in [-0.39, 0.29) is 30.6 Å². The van der Waals surface area contributed by atoms with Crippen molar-refractivity contribution in [1.29, 1.82) is 0 Å². The molecule has 1 fully saturated rings. The molecule has 5 nitrogen and oxygen atoms in total. The summed E-state index contributed by atoms with van der Waals surface area (Å²) in [7, 11) is 1.51. The summed E-state index contributed by atoms with van der Waals surface area (Å²) in [5, 5.41) is 2.30. The van der Waals surface area contributed by atoms with E-state index in [1.807, 2.05) is 0 Å². The first kappa shape index (κ1) is 18.3. The predicted octanol–water partition coefficient (Wildman–Crippen LogP) is 2.53. The van der Waals surface area contributed by atoms with Crippen molar-refractivity contribution in [2.45, 2.75) is 25.6 Å². The molecule has 2 rings (SSSR count). The number of alkyl halides is 3. The average Bonchev–Trinajstić information content (AvgIpc) is 2.89. The van der Waals surface area contributed by atoms with Gasteiger partial charge in [0.25, 0.3) is 0 Å². The van der Waals surface area contributed by atoms with E-state index in [1.165, 1.54) is 30.2 Å². The number of para-hydroxylation sites is 1. The molecule has 1 aliphatic rings. The van der Waals surface area contributed by atoms with Gasteiger partial charge in [0, 0.05) is 20.1 Å². The Labute approximate surface area is 137 Å². The van der Waals surface area contributed by atoms with Crippen molar-refractivity contribution in [3.05, 3.63) is 29.8 Å². The Balaban J connectivity index is 2.08. The molecule has 1 aromatic carbocycles. The van der Waals surface area contributed by atoms with Crippen molar-refractivity contribution in [3.63, 3.8) is 0 Å². The second-order valence-electron chi connectivity index (χ2n) is 5.78. The van der Waals surface area contributed by atoms with Gasteiger partial charge < -0.3 is 15.0 Å². The fourth-order valence-corrected chi connectivity index (χ4v) is 2.74. The number of nitrogens with one attached hydrogen (secondary N) is 1. The quantitative estimate of drug-likeness (QED) is 0.893. The minimum Gasteiger partial charge on any atom is -0.383 e. The maximum Gasteiger partial charge on any atom is 0.418 e. The third-order valence-electron chi connectivity index (χ3n) is 3.96. The Morgan fingerprint density at radius 3 is 2.71 bits per heavy atom. The number of anilines is 1. The lowest BCUT2D eigenvalue weighted by atomic mass is 10.1. The van der Waals surface area contributed by atoms with Gasteiger partial charge in [-0.1, -0.05) is 12.1 Å². The van der Waals surface area contributed by atoms with E-state index in [2.05, 4.69) is 5.32 Å². The van der Waals surface area contributed by atoms with Gasteiger partial charge in [0.1, 0.15) is 0 Å². The van der Waals surface area contributed by atoms with Crippen LogP contribution in [0.3, 0.4) is 0 Å². The highest BCUT2D eigenvalue weighted by Gasteiger charge is 2.38. The number of carbonyl (C=O) groups is 2. The van der Waals surface area contributed by atoms with Crippen molar-refractivity contribution in [2.24, 2.45) is 5.92 Å². The molecule has 2 atom stereocenters. The summed E-state index contributed by atoms with van der Waals surface area (Å²) in [6, 6.07) is 4.58. The molecule has 0 saturated carbocycles. The van der Waals surface area contributed by atoms with E-state index in [9.17, 15) is 22.8 Å². The van der Waals surface area contributed by atoms with Crippen LogP contribution in [-0.2, 0) is 20.5 Å². The minimum absolute atomic E-state index is 0.0198. The Morgan fingerprint density at radius 2 is 2.08 bits per heavy atom. The van der Waals surface area contributed by atoms with Crippen LogP contribution in [0.1, 0.15) is 18.9 Å². The Hall–Kier alpha value is -2.09. The Bertz CT molecular complexity index is 619. The number of nitrogens with zero attached hydrogens (tertiary/aromatic N) is 1. The monoisotopic (exact) mass is 344 g/mol. The molecule has 24 heavy (non-hydrogen) atoms. The van der Waals surface area contributed by atoms with Gasteiger partial charge >= 0.3 is 6.18 Å². The summed E-state index contributed by atoms with van der Waals surface area (Å²) < 4.78 is 43.9. The van der Waals surface area contributed by atoms with Gasteiger partial charge in [-0.2, -0.15) is 13.2 Å². The lowest BCUT2D eigenvalue weighted by Crippen LogP contribution is -2.38. The fourth-order valence-electron chi connectivity index (χ4n) is 2.74. The second-order valence-corrected chi connectivity index (χ2v) is 5.78. The summed E-state index contributed by atoms with van der Waals surface area (Å²) in [4.78, 5) is 25.8. The number of ether oxygens (including phenoxy) is 1. The van der Waals surface area contributed by atoms with Crippen LogP contribution in [0, 0.1) is 5.92 Å². The molecule has 1 N–H and O–H groups in total. The number of halogens is 3. The molecule has 0 unspecified atom stereocenters. The van der Waals surface area contributed by atoms with E-state index < -0.39 is 23.6 Å². The van der Waals surface area contributed by atoms with Gasteiger partial charge in [-0.3, -0.25) is 9.59 Å². The van der Waals surface area contributed by atoms with Gasteiger partial charge in [-0.25, -0.2) is 0 Å². The number of amides is 2. The molecular formula is C16H19F3N2O3. The van der Waals surface area contributed by atoms with E-state index in [0.717, 1.165) is 6.07 Å². The maximum absolute atomic E-state index is 13.0. The summed E-state index contributed by atoms with van der Waals surface area (Å²) >= 11 is 0. The summed E-state index contributed by atoms with van der Waals surface area (Å²) in [5.74, 6) is -1.48. The summed E-state index contributed by atoms with van der Waals surface area (Å²) in [6.45, 7) is 2.29. The first-order valence-corrected chi connectivity index (χ1v) is 7.49. The van der Waals surface area contributed by atoms with Crippen molar-refractivity contribution < 1.29 is 27.5 Å². The molecule has 0 radical (unpaired) electrons. The highest BCUT2D eigenvalue weighted by molar-refractivity contribution is 5.97. The van der Waals surface area contributed by atoms with Gasteiger partial charge in [-0.05, 0) is 19.1 Å². The molecule has 8 heteroatoms. The van der Waals surface area contributed by atoms with Crippen LogP contribution in [0.5, 0.6) is 0 Å². The van der Waals surface area contributed by atoms with Gasteiger partial charge in [-0.15, -0.1) is 0 Å². The first-order valence-electron chi connectivity index (χ1n) is 7.49. The summed E-state index contributed by atoms with van der Waals surface area (Å²) in [6.07, 6.45) is -4.58. The number of methoxy groups -OCH3 is 1. The van der Waals surface area contributed by atoms with Crippen LogP contribution >= 0.6 is 0 Å². The predicted molar refractivity (Wildman–Crippen MR) is 81.2 cm³/mol. The lowest BCUT2D eigenvalue weighted by Gasteiger charge is -2.24. The molecule has 132 valence electrons. The van der Waals surface area contributed by atoms with E-state index >= 15 is 0 Å². The number of hydrogen-bond donors (Lipinski definition) is 1. The molecule has 1 saturated heterocycles. The van der Waals surface area contributed by atoms with E-state index in [0.29, 0.717) is 6.61 Å². The van der Waals surface area contributed by atoms with E-state index in [4.69, 9.17) is 4.74 Å². The molecule has 2 amide bonds. The molecule has 1 aromatic rings.